The van der Waals surface area contributed by atoms with Gasteiger partial charge in [-0.25, -0.2) is 4.79 Å². The molecule has 1 aromatic rings. The van der Waals surface area contributed by atoms with Gasteiger partial charge in [0.15, 0.2) is 4.88 Å². The molecule has 0 fully saturated rings. The number of esters is 1. The van der Waals surface area contributed by atoms with Crippen molar-refractivity contribution >= 4 is 17.3 Å². The Morgan fingerprint density at radius 3 is 2.53 bits per heavy atom. The van der Waals surface area contributed by atoms with E-state index in [2.05, 4.69) is 0 Å². The van der Waals surface area contributed by atoms with Gasteiger partial charge in [-0.3, -0.25) is 0 Å². The molecular weight excluding hydrogens is 212 g/mol. The van der Waals surface area contributed by atoms with Crippen molar-refractivity contribution in [2.45, 2.75) is 33.1 Å². The predicted octanol–water partition coefficient (Wildman–Crippen LogP) is 2.93. The number of aromatic hydroxyl groups is 1. The van der Waals surface area contributed by atoms with E-state index < -0.39 is 5.97 Å². The summed E-state index contributed by atoms with van der Waals surface area (Å²) in [6.07, 6.45) is 0. The smallest absolute Gasteiger partial charge is 0.352 e. The van der Waals surface area contributed by atoms with Crippen molar-refractivity contribution in [2.75, 3.05) is 6.61 Å². The highest BCUT2D eigenvalue weighted by Gasteiger charge is 2.23. The van der Waals surface area contributed by atoms with Gasteiger partial charge in [-0.2, -0.15) is 0 Å². The number of carbonyl (C=O) groups is 1. The zero-order valence-corrected chi connectivity index (χ0v) is 10.3. The van der Waals surface area contributed by atoms with Crippen molar-refractivity contribution in [2.24, 2.45) is 0 Å². The summed E-state index contributed by atoms with van der Waals surface area (Å²) in [6.45, 7) is 8.17. The van der Waals surface area contributed by atoms with Gasteiger partial charge < -0.3 is 9.84 Å². The van der Waals surface area contributed by atoms with Gasteiger partial charge in [-0.1, -0.05) is 20.8 Å². The van der Waals surface area contributed by atoms with Crippen molar-refractivity contribution in [3.8, 4) is 5.75 Å². The lowest BCUT2D eigenvalue weighted by atomic mass is 9.95. The maximum Gasteiger partial charge on any atom is 0.352 e. The molecule has 0 aliphatic heterocycles. The van der Waals surface area contributed by atoms with E-state index in [0.29, 0.717) is 11.5 Å². The Bertz CT molecular complexity index is 360. The van der Waals surface area contributed by atoms with Gasteiger partial charge in [-0.15, -0.1) is 11.3 Å². The van der Waals surface area contributed by atoms with Crippen LogP contribution in [0.1, 0.15) is 42.2 Å². The van der Waals surface area contributed by atoms with E-state index in [1.165, 1.54) is 11.3 Å². The molecule has 3 nitrogen and oxygen atoms in total. The predicted molar refractivity (Wildman–Crippen MR) is 60.6 cm³/mol. The molecule has 15 heavy (non-hydrogen) atoms. The molecule has 0 aliphatic rings. The second-order valence-electron chi connectivity index (χ2n) is 4.30. The minimum Gasteiger partial charge on any atom is -0.506 e. The van der Waals surface area contributed by atoms with E-state index in [1.54, 1.807) is 13.0 Å². The molecule has 1 N–H and O–H groups in total. The molecule has 0 saturated carbocycles. The molecule has 0 bridgehead atoms. The average Bonchev–Trinajstić information content (AvgIpc) is 2.47. The molecule has 0 amide bonds. The van der Waals surface area contributed by atoms with E-state index in [4.69, 9.17) is 4.74 Å². The van der Waals surface area contributed by atoms with Crippen LogP contribution in [0.5, 0.6) is 5.75 Å². The summed E-state index contributed by atoms with van der Waals surface area (Å²) >= 11 is 1.29. The first-order valence-electron chi connectivity index (χ1n) is 4.86. The minimum absolute atomic E-state index is 0.0170. The maximum atomic E-state index is 11.4. The molecule has 0 aliphatic carbocycles. The van der Waals surface area contributed by atoms with Crippen LogP contribution in [0, 0.1) is 0 Å². The summed E-state index contributed by atoms with van der Waals surface area (Å²) in [4.78, 5) is 12.7. The molecule has 0 spiro atoms. The third-order valence-electron chi connectivity index (χ3n) is 1.91. The zero-order chi connectivity index (χ0) is 11.6. The molecule has 4 heteroatoms. The molecule has 0 aromatic carbocycles. The molecule has 1 heterocycles. The number of hydrogen-bond acceptors (Lipinski definition) is 4. The van der Waals surface area contributed by atoms with E-state index in [1.807, 2.05) is 20.8 Å². The van der Waals surface area contributed by atoms with Crippen molar-refractivity contribution in [1.29, 1.82) is 0 Å². The van der Waals surface area contributed by atoms with Crippen LogP contribution in [0.4, 0.5) is 0 Å². The Hall–Kier alpha value is -1.03. The van der Waals surface area contributed by atoms with Crippen LogP contribution in [0.3, 0.4) is 0 Å². The first-order valence-corrected chi connectivity index (χ1v) is 5.68. The number of hydrogen-bond donors (Lipinski definition) is 1. The second-order valence-corrected chi connectivity index (χ2v) is 5.35. The topological polar surface area (TPSA) is 46.5 Å². The molecule has 84 valence electrons. The van der Waals surface area contributed by atoms with Gasteiger partial charge in [0.1, 0.15) is 5.75 Å². The Morgan fingerprint density at radius 2 is 2.13 bits per heavy atom. The van der Waals surface area contributed by atoms with Gasteiger partial charge >= 0.3 is 5.97 Å². The molecule has 0 saturated heterocycles. The van der Waals surface area contributed by atoms with E-state index in [-0.39, 0.29) is 11.2 Å². The summed E-state index contributed by atoms with van der Waals surface area (Å²) in [5.41, 5.74) is -0.0626. The minimum atomic E-state index is -0.449. The van der Waals surface area contributed by atoms with Crippen molar-refractivity contribution in [3.05, 3.63) is 15.8 Å². The van der Waals surface area contributed by atoms with E-state index >= 15 is 0 Å². The van der Waals surface area contributed by atoms with Crippen LogP contribution in [0.2, 0.25) is 0 Å². The lowest BCUT2D eigenvalue weighted by Gasteiger charge is -2.14. The van der Waals surface area contributed by atoms with Crippen molar-refractivity contribution in [1.82, 2.24) is 0 Å². The third kappa shape index (κ3) is 2.72. The first kappa shape index (κ1) is 12.0. The lowest BCUT2D eigenvalue weighted by molar-refractivity contribution is 0.0529. The Morgan fingerprint density at radius 1 is 1.53 bits per heavy atom. The Balaban J connectivity index is 3.02. The largest absolute Gasteiger partial charge is 0.506 e. The Labute approximate surface area is 93.7 Å². The number of rotatable bonds is 2. The SMILES string of the molecule is CCOC(=O)c1sc(C(C)(C)C)cc1O. The lowest BCUT2D eigenvalue weighted by Crippen LogP contribution is -2.08. The normalized spacial score (nSPS) is 11.5. The standard InChI is InChI=1S/C11H16O3S/c1-5-14-10(13)9-7(12)6-8(15-9)11(2,3)4/h6,12H,5H2,1-4H3. The van der Waals surface area contributed by atoms with Crippen LogP contribution in [0.15, 0.2) is 6.07 Å². The van der Waals surface area contributed by atoms with Crippen LogP contribution in [-0.2, 0) is 10.2 Å². The zero-order valence-electron chi connectivity index (χ0n) is 9.46. The highest BCUT2D eigenvalue weighted by atomic mass is 32.1. The molecule has 0 unspecified atom stereocenters. The Kier molecular flexibility index (Phi) is 3.39. The second kappa shape index (κ2) is 4.23. The van der Waals surface area contributed by atoms with Gasteiger partial charge in [0, 0.05) is 4.88 Å². The molecule has 0 atom stereocenters. The fourth-order valence-electron chi connectivity index (χ4n) is 1.09. The van der Waals surface area contributed by atoms with Crippen LogP contribution >= 0.6 is 11.3 Å². The van der Waals surface area contributed by atoms with Crippen LogP contribution in [0.25, 0.3) is 0 Å². The molecule has 1 rings (SSSR count). The van der Waals surface area contributed by atoms with Gasteiger partial charge in [-0.05, 0) is 18.4 Å². The summed E-state index contributed by atoms with van der Waals surface area (Å²) in [6, 6.07) is 1.64. The fraction of sp³-hybridized carbons (Fsp3) is 0.545. The summed E-state index contributed by atoms with van der Waals surface area (Å²) < 4.78 is 4.85. The fourth-order valence-corrected chi connectivity index (χ4v) is 2.10. The molecule has 0 radical (unpaired) electrons. The highest BCUT2D eigenvalue weighted by Crippen LogP contribution is 2.36. The van der Waals surface area contributed by atoms with E-state index in [9.17, 15) is 9.90 Å². The van der Waals surface area contributed by atoms with E-state index in [0.717, 1.165) is 4.88 Å². The number of ether oxygens (including phenoxy) is 1. The molecule has 1 aromatic heterocycles. The van der Waals surface area contributed by atoms with Crippen molar-refractivity contribution in [3.63, 3.8) is 0 Å². The summed E-state index contributed by atoms with van der Waals surface area (Å²) in [7, 11) is 0. The van der Waals surface area contributed by atoms with Gasteiger partial charge in [0.25, 0.3) is 0 Å². The van der Waals surface area contributed by atoms with Gasteiger partial charge in [0.05, 0.1) is 6.61 Å². The van der Waals surface area contributed by atoms with Crippen molar-refractivity contribution < 1.29 is 14.6 Å². The van der Waals surface area contributed by atoms with Crippen LogP contribution < -0.4 is 0 Å². The first-order chi connectivity index (χ1) is 6.86. The number of carbonyl (C=O) groups excluding carboxylic acids is 1. The summed E-state index contributed by atoms with van der Waals surface area (Å²) in [5, 5.41) is 9.60. The molecular formula is C11H16O3S. The maximum absolute atomic E-state index is 11.4. The highest BCUT2D eigenvalue weighted by molar-refractivity contribution is 7.14. The van der Waals surface area contributed by atoms with Gasteiger partial charge in [0.2, 0.25) is 0 Å². The average molecular weight is 228 g/mol. The van der Waals surface area contributed by atoms with Crippen LogP contribution in [-0.4, -0.2) is 17.7 Å². The number of thiophene rings is 1. The summed E-state index contributed by atoms with van der Waals surface area (Å²) in [5.74, 6) is -0.432. The monoisotopic (exact) mass is 228 g/mol. The quantitative estimate of drug-likeness (QED) is 0.792. The third-order valence-corrected chi connectivity index (χ3v) is 3.44.